The van der Waals surface area contributed by atoms with Crippen molar-refractivity contribution < 1.29 is 4.39 Å². The van der Waals surface area contributed by atoms with Crippen molar-refractivity contribution in [3.63, 3.8) is 0 Å². The fourth-order valence-corrected chi connectivity index (χ4v) is 3.16. The van der Waals surface area contributed by atoms with Gasteiger partial charge in [-0.05, 0) is 42.0 Å². The molecule has 2 aromatic rings. The zero-order valence-electron chi connectivity index (χ0n) is 10.7. The van der Waals surface area contributed by atoms with Gasteiger partial charge in [0.15, 0.2) is 0 Å². The predicted molar refractivity (Wildman–Crippen MR) is 75.9 cm³/mol. The van der Waals surface area contributed by atoms with Crippen molar-refractivity contribution in [2.75, 3.05) is 0 Å². The van der Waals surface area contributed by atoms with E-state index in [-0.39, 0.29) is 11.9 Å². The van der Waals surface area contributed by atoms with Crippen LogP contribution in [0.4, 0.5) is 4.39 Å². The van der Waals surface area contributed by atoms with E-state index in [4.69, 9.17) is 5.84 Å². The Hall–Kier alpha value is -0.970. The normalized spacial score (nSPS) is 14.9. The van der Waals surface area contributed by atoms with Gasteiger partial charge in [0.05, 0.1) is 6.04 Å². The van der Waals surface area contributed by atoms with E-state index in [1.807, 2.05) is 12.1 Å². The minimum atomic E-state index is -0.189. The average Bonchev–Trinajstić information content (AvgIpc) is 2.78. The Labute approximate surface area is 111 Å². The summed E-state index contributed by atoms with van der Waals surface area (Å²) in [5.41, 5.74) is 2.88. The number of hydrazine groups is 1. The Balaban J connectivity index is 2.28. The molecule has 4 heteroatoms. The summed E-state index contributed by atoms with van der Waals surface area (Å²) < 4.78 is 14.3. The third-order valence-electron chi connectivity index (χ3n) is 3.38. The molecule has 0 saturated heterocycles. The maximum atomic E-state index is 13.2. The lowest BCUT2D eigenvalue weighted by molar-refractivity contribution is 0.412. The van der Waals surface area contributed by atoms with Gasteiger partial charge in [0.1, 0.15) is 5.82 Å². The fraction of sp³-hybridized carbons (Fsp3) is 0.429. The van der Waals surface area contributed by atoms with Crippen LogP contribution in [0, 0.1) is 11.7 Å². The van der Waals surface area contributed by atoms with E-state index in [0.29, 0.717) is 5.92 Å². The minimum Gasteiger partial charge on any atom is -0.271 e. The van der Waals surface area contributed by atoms with Crippen molar-refractivity contribution in [1.29, 1.82) is 0 Å². The third-order valence-corrected chi connectivity index (χ3v) is 4.61. The molecule has 3 N–H and O–H groups in total. The largest absolute Gasteiger partial charge is 0.271 e. The molecule has 0 fully saturated rings. The van der Waals surface area contributed by atoms with E-state index in [2.05, 4.69) is 19.3 Å². The molecule has 0 amide bonds. The number of thiophene rings is 1. The summed E-state index contributed by atoms with van der Waals surface area (Å²) in [5.74, 6) is 6.07. The average molecular weight is 266 g/mol. The van der Waals surface area contributed by atoms with Gasteiger partial charge < -0.3 is 0 Å². The molecule has 0 radical (unpaired) electrons. The van der Waals surface area contributed by atoms with Crippen LogP contribution in [0.3, 0.4) is 0 Å². The molecule has 2 unspecified atom stereocenters. The molecule has 2 atom stereocenters. The van der Waals surface area contributed by atoms with Gasteiger partial charge >= 0.3 is 0 Å². The second kappa shape index (κ2) is 5.78. The summed E-state index contributed by atoms with van der Waals surface area (Å²) in [4.78, 5) is 1.18. The summed E-state index contributed by atoms with van der Waals surface area (Å²) in [7, 11) is 0. The van der Waals surface area contributed by atoms with Gasteiger partial charge in [-0.25, -0.2) is 4.39 Å². The smallest absolute Gasteiger partial charge is 0.123 e. The van der Waals surface area contributed by atoms with Gasteiger partial charge in [-0.2, -0.15) is 0 Å². The number of nitrogens with two attached hydrogens (primary N) is 1. The summed E-state index contributed by atoms with van der Waals surface area (Å²) in [5, 5.41) is 0.958. The highest BCUT2D eigenvalue weighted by Gasteiger charge is 2.15. The van der Waals surface area contributed by atoms with E-state index in [1.165, 1.54) is 10.9 Å². The SMILES string of the molecule is CCC(C)CC(NN)c1cc2cc(F)ccc2s1. The molecule has 2 rings (SSSR count). The van der Waals surface area contributed by atoms with E-state index < -0.39 is 0 Å². The summed E-state index contributed by atoms with van der Waals surface area (Å²) >= 11 is 1.68. The highest BCUT2D eigenvalue weighted by atomic mass is 32.1. The molecule has 0 saturated carbocycles. The Bertz CT molecular complexity index is 523. The highest BCUT2D eigenvalue weighted by molar-refractivity contribution is 7.19. The monoisotopic (exact) mass is 266 g/mol. The summed E-state index contributed by atoms with van der Waals surface area (Å²) in [6.07, 6.45) is 2.14. The highest BCUT2D eigenvalue weighted by Crippen LogP contribution is 2.33. The van der Waals surface area contributed by atoms with Crippen LogP contribution in [0.25, 0.3) is 10.1 Å². The first kappa shape index (κ1) is 13.5. The fourth-order valence-electron chi connectivity index (χ4n) is 2.04. The van der Waals surface area contributed by atoms with Crippen LogP contribution in [-0.2, 0) is 0 Å². The first-order valence-corrected chi connectivity index (χ1v) is 7.10. The maximum absolute atomic E-state index is 13.2. The van der Waals surface area contributed by atoms with Crippen molar-refractivity contribution >= 4 is 21.4 Å². The number of hydrogen-bond acceptors (Lipinski definition) is 3. The van der Waals surface area contributed by atoms with Crippen LogP contribution in [0.15, 0.2) is 24.3 Å². The first-order chi connectivity index (χ1) is 8.63. The second-order valence-electron chi connectivity index (χ2n) is 4.80. The predicted octanol–water partition coefficient (Wildman–Crippen LogP) is 3.98. The second-order valence-corrected chi connectivity index (χ2v) is 5.91. The van der Waals surface area contributed by atoms with Crippen LogP contribution in [0.1, 0.15) is 37.6 Å². The number of benzene rings is 1. The molecule has 0 spiro atoms. The molecule has 98 valence electrons. The van der Waals surface area contributed by atoms with Crippen molar-refractivity contribution in [3.8, 4) is 0 Å². The number of rotatable bonds is 5. The van der Waals surface area contributed by atoms with Gasteiger partial charge in [-0.1, -0.05) is 20.3 Å². The molecular weight excluding hydrogens is 247 g/mol. The van der Waals surface area contributed by atoms with Gasteiger partial charge in [0.2, 0.25) is 0 Å². The summed E-state index contributed by atoms with van der Waals surface area (Å²) in [6.45, 7) is 4.40. The molecular formula is C14H19FN2S. The number of halogens is 1. The Morgan fingerprint density at radius 3 is 2.83 bits per heavy atom. The van der Waals surface area contributed by atoms with Crippen LogP contribution >= 0.6 is 11.3 Å². The van der Waals surface area contributed by atoms with Crippen molar-refractivity contribution in [1.82, 2.24) is 5.43 Å². The summed E-state index contributed by atoms with van der Waals surface area (Å²) in [6, 6.07) is 7.10. The van der Waals surface area contributed by atoms with Crippen LogP contribution < -0.4 is 11.3 Å². The standard InChI is InChI=1S/C14H19FN2S/c1-3-9(2)6-12(17-16)14-8-10-7-11(15)4-5-13(10)18-14/h4-5,7-9,12,17H,3,6,16H2,1-2H3. The third kappa shape index (κ3) is 2.88. The van der Waals surface area contributed by atoms with Crippen LogP contribution in [0.5, 0.6) is 0 Å². The Morgan fingerprint density at radius 2 is 2.17 bits per heavy atom. The lowest BCUT2D eigenvalue weighted by Gasteiger charge is -2.17. The number of hydrogen-bond donors (Lipinski definition) is 2. The molecule has 1 aromatic heterocycles. The molecule has 2 nitrogen and oxygen atoms in total. The molecule has 0 aliphatic carbocycles. The topological polar surface area (TPSA) is 38.0 Å². The van der Waals surface area contributed by atoms with Gasteiger partial charge in [-0.15, -0.1) is 11.3 Å². The van der Waals surface area contributed by atoms with Gasteiger partial charge in [0, 0.05) is 9.58 Å². The maximum Gasteiger partial charge on any atom is 0.123 e. The molecule has 0 aliphatic heterocycles. The molecule has 0 aliphatic rings. The first-order valence-electron chi connectivity index (χ1n) is 6.29. The molecule has 1 aromatic carbocycles. The van der Waals surface area contributed by atoms with Crippen molar-refractivity contribution in [2.24, 2.45) is 11.8 Å². The number of nitrogens with one attached hydrogen (secondary N) is 1. The molecule has 18 heavy (non-hydrogen) atoms. The van der Waals surface area contributed by atoms with Crippen LogP contribution in [0.2, 0.25) is 0 Å². The van der Waals surface area contributed by atoms with E-state index in [0.717, 1.165) is 22.9 Å². The van der Waals surface area contributed by atoms with Gasteiger partial charge in [-0.3, -0.25) is 11.3 Å². The van der Waals surface area contributed by atoms with E-state index in [9.17, 15) is 4.39 Å². The Kier molecular flexibility index (Phi) is 4.32. The number of fused-ring (bicyclic) bond motifs is 1. The molecule has 0 bridgehead atoms. The molecule has 1 heterocycles. The Morgan fingerprint density at radius 1 is 1.39 bits per heavy atom. The lowest BCUT2D eigenvalue weighted by Crippen LogP contribution is -2.28. The zero-order chi connectivity index (χ0) is 13.1. The van der Waals surface area contributed by atoms with Gasteiger partial charge in [0.25, 0.3) is 0 Å². The minimum absolute atomic E-state index is 0.153. The quantitative estimate of drug-likeness (QED) is 0.634. The van der Waals surface area contributed by atoms with Crippen molar-refractivity contribution in [2.45, 2.75) is 32.7 Å². The van der Waals surface area contributed by atoms with E-state index in [1.54, 1.807) is 17.4 Å². The van der Waals surface area contributed by atoms with Crippen molar-refractivity contribution in [3.05, 3.63) is 35.0 Å². The van der Waals surface area contributed by atoms with E-state index >= 15 is 0 Å². The lowest BCUT2D eigenvalue weighted by atomic mass is 9.98. The van der Waals surface area contributed by atoms with Crippen LogP contribution in [-0.4, -0.2) is 0 Å². The zero-order valence-corrected chi connectivity index (χ0v) is 11.6.